The number of hydrogen-bond acceptors (Lipinski definition) is 7. The Balaban J connectivity index is 1.79. The van der Waals surface area contributed by atoms with Crippen LogP contribution in [0, 0.1) is 5.82 Å². The van der Waals surface area contributed by atoms with Crippen molar-refractivity contribution in [2.75, 3.05) is 18.2 Å². The number of hydrogen-bond donors (Lipinski definition) is 1. The second kappa shape index (κ2) is 8.11. The Labute approximate surface area is 156 Å². The van der Waals surface area contributed by atoms with Crippen LogP contribution in [0.25, 0.3) is 5.69 Å². The molecule has 1 amide bonds. The van der Waals surface area contributed by atoms with Gasteiger partial charge in [-0.1, -0.05) is 29.2 Å². The molecule has 0 unspecified atom stereocenters. The van der Waals surface area contributed by atoms with E-state index < -0.39 is 5.91 Å². The highest BCUT2D eigenvalue weighted by atomic mass is 32.2. The summed E-state index contributed by atoms with van der Waals surface area (Å²) in [5.74, 6) is 0.169. The van der Waals surface area contributed by atoms with Gasteiger partial charge in [-0.2, -0.15) is 5.10 Å². The van der Waals surface area contributed by atoms with Crippen molar-refractivity contribution in [2.45, 2.75) is 4.34 Å². The number of amides is 1. The van der Waals surface area contributed by atoms with Gasteiger partial charge in [0.05, 0.1) is 19.0 Å². The zero-order chi connectivity index (χ0) is 18.5. The van der Waals surface area contributed by atoms with Crippen LogP contribution in [0.15, 0.2) is 47.5 Å². The molecular weight excluding hydrogens is 377 g/mol. The average molecular weight is 391 g/mol. The standard InChI is InChI=1S/C16H14FN5O2S2/c1-3-8-25-16-20-19-15(26-16)18-14(23)13-12(24-2)9-22(21-13)11-6-4-10(17)5-7-11/h3-7,9H,1,8H2,2H3,(H,18,19,23). The Morgan fingerprint density at radius 1 is 1.42 bits per heavy atom. The minimum Gasteiger partial charge on any atom is -0.493 e. The maximum Gasteiger partial charge on any atom is 0.281 e. The number of methoxy groups -OCH3 is 1. The van der Waals surface area contributed by atoms with Gasteiger partial charge in [0.25, 0.3) is 5.91 Å². The molecule has 0 aliphatic heterocycles. The molecule has 0 saturated carbocycles. The topological polar surface area (TPSA) is 81.9 Å². The van der Waals surface area contributed by atoms with Gasteiger partial charge in [0.15, 0.2) is 15.8 Å². The predicted molar refractivity (Wildman–Crippen MR) is 98.9 cm³/mol. The van der Waals surface area contributed by atoms with Crippen molar-refractivity contribution in [2.24, 2.45) is 0 Å². The van der Waals surface area contributed by atoms with E-state index in [1.165, 1.54) is 47.0 Å². The highest BCUT2D eigenvalue weighted by molar-refractivity contribution is 8.01. The molecule has 3 rings (SSSR count). The Morgan fingerprint density at radius 3 is 2.88 bits per heavy atom. The summed E-state index contributed by atoms with van der Waals surface area (Å²) in [4.78, 5) is 12.5. The Bertz CT molecular complexity index is 923. The van der Waals surface area contributed by atoms with Crippen molar-refractivity contribution in [1.29, 1.82) is 0 Å². The number of thioether (sulfide) groups is 1. The molecule has 2 heterocycles. The summed E-state index contributed by atoms with van der Waals surface area (Å²) in [6, 6.07) is 5.73. The summed E-state index contributed by atoms with van der Waals surface area (Å²) in [7, 11) is 1.44. The predicted octanol–water partition coefficient (Wildman–Crippen LogP) is 3.40. The van der Waals surface area contributed by atoms with Crippen molar-refractivity contribution in [1.82, 2.24) is 20.0 Å². The monoisotopic (exact) mass is 391 g/mol. The van der Waals surface area contributed by atoms with Crippen LogP contribution in [-0.4, -0.2) is 38.7 Å². The van der Waals surface area contributed by atoms with Gasteiger partial charge in [-0.3, -0.25) is 10.1 Å². The van der Waals surface area contributed by atoms with Crippen LogP contribution in [0.3, 0.4) is 0 Å². The zero-order valence-electron chi connectivity index (χ0n) is 13.7. The fourth-order valence-corrected chi connectivity index (χ4v) is 3.50. The van der Waals surface area contributed by atoms with Gasteiger partial charge < -0.3 is 4.74 Å². The molecule has 1 N–H and O–H groups in total. The van der Waals surface area contributed by atoms with Gasteiger partial charge in [0.1, 0.15) is 5.82 Å². The number of benzene rings is 1. The first-order chi connectivity index (χ1) is 12.6. The fourth-order valence-electron chi connectivity index (χ4n) is 2.00. The highest BCUT2D eigenvalue weighted by Gasteiger charge is 2.20. The Hall–Kier alpha value is -2.72. The van der Waals surface area contributed by atoms with Crippen LogP contribution in [0.2, 0.25) is 0 Å². The van der Waals surface area contributed by atoms with Crippen molar-refractivity contribution >= 4 is 34.1 Å². The third-order valence-electron chi connectivity index (χ3n) is 3.16. The third kappa shape index (κ3) is 4.09. The van der Waals surface area contributed by atoms with E-state index in [0.29, 0.717) is 16.6 Å². The van der Waals surface area contributed by atoms with Crippen molar-refractivity contribution < 1.29 is 13.9 Å². The molecule has 0 radical (unpaired) electrons. The van der Waals surface area contributed by atoms with Crippen LogP contribution < -0.4 is 10.1 Å². The number of carbonyl (C=O) groups is 1. The summed E-state index contributed by atoms with van der Waals surface area (Å²) >= 11 is 2.73. The van der Waals surface area contributed by atoms with Crippen molar-refractivity contribution in [3.05, 3.63) is 54.6 Å². The summed E-state index contributed by atoms with van der Waals surface area (Å²) in [6.45, 7) is 3.64. The van der Waals surface area contributed by atoms with Crippen LogP contribution >= 0.6 is 23.1 Å². The van der Waals surface area contributed by atoms with Crippen LogP contribution in [-0.2, 0) is 0 Å². The first kappa shape index (κ1) is 18.1. The molecule has 1 aromatic carbocycles. The quantitative estimate of drug-likeness (QED) is 0.378. The van der Waals surface area contributed by atoms with Crippen molar-refractivity contribution in [3.63, 3.8) is 0 Å². The second-order valence-corrected chi connectivity index (χ2v) is 7.14. The molecule has 0 aliphatic carbocycles. The number of carbonyl (C=O) groups excluding carboxylic acids is 1. The second-order valence-electron chi connectivity index (χ2n) is 4.89. The van der Waals surface area contributed by atoms with E-state index in [9.17, 15) is 9.18 Å². The van der Waals surface area contributed by atoms with E-state index in [1.54, 1.807) is 24.4 Å². The lowest BCUT2D eigenvalue weighted by Gasteiger charge is -2.00. The molecule has 26 heavy (non-hydrogen) atoms. The van der Waals surface area contributed by atoms with Crippen LogP contribution in [0.4, 0.5) is 9.52 Å². The molecule has 0 atom stereocenters. The maximum atomic E-state index is 13.1. The number of nitrogens with zero attached hydrogens (tertiary/aromatic N) is 4. The van der Waals surface area contributed by atoms with E-state index >= 15 is 0 Å². The normalized spacial score (nSPS) is 10.5. The van der Waals surface area contributed by atoms with E-state index in [0.717, 1.165) is 4.34 Å². The van der Waals surface area contributed by atoms with Crippen LogP contribution in [0.5, 0.6) is 5.75 Å². The maximum absolute atomic E-state index is 13.1. The minimum absolute atomic E-state index is 0.0901. The first-order valence-electron chi connectivity index (χ1n) is 7.39. The van der Waals surface area contributed by atoms with Crippen molar-refractivity contribution in [3.8, 4) is 11.4 Å². The number of aromatic nitrogens is 4. The van der Waals surface area contributed by atoms with E-state index in [1.807, 2.05) is 0 Å². The zero-order valence-corrected chi connectivity index (χ0v) is 15.3. The number of ether oxygens (including phenoxy) is 1. The summed E-state index contributed by atoms with van der Waals surface area (Å²) in [6.07, 6.45) is 3.31. The molecular formula is C16H14FN5O2S2. The van der Waals surface area contributed by atoms with E-state index in [4.69, 9.17) is 4.74 Å². The lowest BCUT2D eigenvalue weighted by molar-refractivity contribution is 0.101. The van der Waals surface area contributed by atoms with Gasteiger partial charge in [0, 0.05) is 5.75 Å². The SMILES string of the molecule is C=CCSc1nnc(NC(=O)c2nn(-c3ccc(F)cc3)cc2OC)s1. The summed E-state index contributed by atoms with van der Waals surface area (Å²) in [5.41, 5.74) is 0.690. The van der Waals surface area contributed by atoms with Gasteiger partial charge in [-0.25, -0.2) is 9.07 Å². The highest BCUT2D eigenvalue weighted by Crippen LogP contribution is 2.27. The molecule has 7 nitrogen and oxygen atoms in total. The summed E-state index contributed by atoms with van der Waals surface area (Å²) < 4.78 is 20.5. The molecule has 0 fully saturated rings. The first-order valence-corrected chi connectivity index (χ1v) is 9.19. The minimum atomic E-state index is -0.473. The lowest BCUT2D eigenvalue weighted by Crippen LogP contribution is -2.14. The lowest BCUT2D eigenvalue weighted by atomic mass is 10.3. The molecule has 134 valence electrons. The number of rotatable bonds is 7. The number of anilines is 1. The number of nitrogens with one attached hydrogen (secondary N) is 1. The molecule has 0 spiro atoms. The van der Waals surface area contributed by atoms with Gasteiger partial charge >= 0.3 is 0 Å². The van der Waals surface area contributed by atoms with Gasteiger partial charge in [-0.05, 0) is 24.3 Å². The molecule has 0 saturated heterocycles. The fraction of sp³-hybridized carbons (Fsp3) is 0.125. The average Bonchev–Trinajstić information content (AvgIpc) is 3.27. The molecule has 0 bridgehead atoms. The number of halogens is 1. The Kier molecular flexibility index (Phi) is 5.64. The third-order valence-corrected chi connectivity index (χ3v) is 5.13. The molecule has 3 aromatic rings. The molecule has 0 aliphatic rings. The smallest absolute Gasteiger partial charge is 0.281 e. The molecule has 2 aromatic heterocycles. The Morgan fingerprint density at radius 2 is 2.19 bits per heavy atom. The van der Waals surface area contributed by atoms with Gasteiger partial charge in [-0.15, -0.1) is 16.8 Å². The van der Waals surface area contributed by atoms with E-state index in [2.05, 4.69) is 27.2 Å². The van der Waals surface area contributed by atoms with E-state index in [-0.39, 0.29) is 17.3 Å². The largest absolute Gasteiger partial charge is 0.493 e. The van der Waals surface area contributed by atoms with Crippen LogP contribution in [0.1, 0.15) is 10.5 Å². The molecule has 10 heteroatoms. The van der Waals surface area contributed by atoms with Gasteiger partial charge in [0.2, 0.25) is 5.13 Å². The summed E-state index contributed by atoms with van der Waals surface area (Å²) in [5, 5.41) is 15.2.